The van der Waals surface area contributed by atoms with Crippen molar-refractivity contribution in [3.05, 3.63) is 0 Å². The van der Waals surface area contributed by atoms with Crippen LogP contribution in [0, 0.1) is 0 Å². The predicted molar refractivity (Wildman–Crippen MR) is 47.5 cm³/mol. The van der Waals surface area contributed by atoms with E-state index in [-0.39, 0.29) is 0 Å². The van der Waals surface area contributed by atoms with Crippen LogP contribution in [0.15, 0.2) is 4.99 Å². The maximum atomic E-state index is 10.0. The van der Waals surface area contributed by atoms with Gasteiger partial charge in [-0.25, -0.2) is 14.6 Å². The Morgan fingerprint density at radius 2 is 2.00 bits per heavy atom. The molecule has 5 nitrogen and oxygen atoms in total. The van der Waals surface area contributed by atoms with Gasteiger partial charge in [0.1, 0.15) is 0 Å². The number of rotatable bonds is 7. The molecule has 0 aliphatic heterocycles. The first-order chi connectivity index (χ1) is 6.27. The van der Waals surface area contributed by atoms with Gasteiger partial charge in [-0.1, -0.05) is 12.8 Å². The summed E-state index contributed by atoms with van der Waals surface area (Å²) in [7, 11) is 0. The van der Waals surface area contributed by atoms with Gasteiger partial charge in [-0.15, -0.1) is 0 Å². The summed E-state index contributed by atoms with van der Waals surface area (Å²) < 4.78 is 0. The second kappa shape index (κ2) is 8.74. The second-order valence-corrected chi connectivity index (χ2v) is 2.62. The smallest absolute Gasteiger partial charge is 0.404 e. The maximum Gasteiger partial charge on any atom is 0.404 e. The fraction of sp³-hybridized carbons (Fsp3) is 0.750. The number of nitrogens with zero attached hydrogens (tertiary/aromatic N) is 1. The summed E-state index contributed by atoms with van der Waals surface area (Å²) in [5.74, 6) is 0. The molecule has 2 N–H and O–H groups in total. The Balaban J connectivity index is 2.99. The van der Waals surface area contributed by atoms with Crippen LogP contribution in [-0.2, 0) is 4.79 Å². The first kappa shape index (κ1) is 11.6. The standard InChI is InChI=1S/C8H14N2O3/c11-7-9-5-3-1-2-4-6-10-8(12)13/h10H,1-6H2,(H,12,13). The lowest BCUT2D eigenvalue weighted by molar-refractivity contribution is 0.194. The summed E-state index contributed by atoms with van der Waals surface area (Å²) in [4.78, 5) is 23.1. The highest BCUT2D eigenvalue weighted by Crippen LogP contribution is 1.98. The van der Waals surface area contributed by atoms with E-state index in [2.05, 4.69) is 10.3 Å². The van der Waals surface area contributed by atoms with Crippen molar-refractivity contribution in [2.24, 2.45) is 4.99 Å². The van der Waals surface area contributed by atoms with Crippen LogP contribution >= 0.6 is 0 Å². The third kappa shape index (κ3) is 10.7. The summed E-state index contributed by atoms with van der Waals surface area (Å²) in [5, 5.41) is 10.5. The van der Waals surface area contributed by atoms with Crippen molar-refractivity contribution in [3.8, 4) is 0 Å². The van der Waals surface area contributed by atoms with Gasteiger partial charge in [-0.05, 0) is 12.8 Å². The van der Waals surface area contributed by atoms with Crippen LogP contribution in [0.25, 0.3) is 0 Å². The SMILES string of the molecule is O=C=NCCCCCCNC(=O)O. The van der Waals surface area contributed by atoms with Crippen LogP contribution in [-0.4, -0.2) is 30.4 Å². The zero-order valence-corrected chi connectivity index (χ0v) is 7.45. The number of carboxylic acid groups (broad SMARTS) is 1. The van der Waals surface area contributed by atoms with E-state index >= 15 is 0 Å². The number of carbonyl (C=O) groups excluding carboxylic acids is 1. The Morgan fingerprint density at radius 1 is 1.31 bits per heavy atom. The summed E-state index contributed by atoms with van der Waals surface area (Å²) >= 11 is 0. The summed E-state index contributed by atoms with van der Waals surface area (Å²) in [6.07, 6.45) is 4.10. The molecule has 0 unspecified atom stereocenters. The number of hydrogen-bond acceptors (Lipinski definition) is 3. The maximum absolute atomic E-state index is 10.0. The van der Waals surface area contributed by atoms with E-state index in [1.807, 2.05) is 0 Å². The Hall–Kier alpha value is -1.35. The van der Waals surface area contributed by atoms with E-state index < -0.39 is 6.09 Å². The van der Waals surface area contributed by atoms with Crippen LogP contribution in [0.5, 0.6) is 0 Å². The minimum absolute atomic E-state index is 0.492. The molecule has 0 aromatic heterocycles. The minimum atomic E-state index is -0.981. The van der Waals surface area contributed by atoms with Gasteiger partial charge in [0.25, 0.3) is 0 Å². The van der Waals surface area contributed by atoms with Crippen LogP contribution in [0.1, 0.15) is 25.7 Å². The van der Waals surface area contributed by atoms with Crippen molar-refractivity contribution >= 4 is 12.2 Å². The van der Waals surface area contributed by atoms with E-state index in [0.717, 1.165) is 25.7 Å². The molecule has 0 bridgehead atoms. The van der Waals surface area contributed by atoms with Gasteiger partial charge in [0, 0.05) is 6.54 Å². The average Bonchev–Trinajstić information content (AvgIpc) is 2.09. The Morgan fingerprint density at radius 3 is 2.62 bits per heavy atom. The number of carbonyl (C=O) groups is 1. The molecule has 0 aromatic carbocycles. The number of isocyanates is 1. The molecule has 0 aliphatic carbocycles. The van der Waals surface area contributed by atoms with E-state index in [4.69, 9.17) is 5.11 Å². The molecular formula is C8H14N2O3. The number of hydrogen-bond donors (Lipinski definition) is 2. The van der Waals surface area contributed by atoms with Crippen molar-refractivity contribution in [1.82, 2.24) is 5.32 Å². The highest BCUT2D eigenvalue weighted by Gasteiger charge is 1.93. The van der Waals surface area contributed by atoms with Crippen LogP contribution < -0.4 is 5.32 Å². The molecular weight excluding hydrogens is 172 g/mol. The normalized spacial score (nSPS) is 8.92. The third-order valence-corrected chi connectivity index (χ3v) is 1.54. The summed E-state index contributed by atoms with van der Waals surface area (Å²) in [6.45, 7) is 1.02. The fourth-order valence-electron chi connectivity index (χ4n) is 0.910. The molecule has 5 heteroatoms. The molecule has 1 amide bonds. The molecule has 0 radical (unpaired) electrons. The van der Waals surface area contributed by atoms with Gasteiger partial charge in [-0.3, -0.25) is 0 Å². The lowest BCUT2D eigenvalue weighted by atomic mass is 10.2. The lowest BCUT2D eigenvalue weighted by Gasteiger charge is -1.99. The molecule has 0 aromatic rings. The van der Waals surface area contributed by atoms with Gasteiger partial charge in [0.15, 0.2) is 0 Å². The Bertz CT molecular complexity index is 182. The average molecular weight is 186 g/mol. The monoisotopic (exact) mass is 186 g/mol. The second-order valence-electron chi connectivity index (χ2n) is 2.62. The molecule has 0 heterocycles. The first-order valence-electron chi connectivity index (χ1n) is 4.28. The van der Waals surface area contributed by atoms with Gasteiger partial charge in [0.2, 0.25) is 6.08 Å². The highest BCUT2D eigenvalue weighted by atomic mass is 16.4. The van der Waals surface area contributed by atoms with E-state index in [9.17, 15) is 9.59 Å². The van der Waals surface area contributed by atoms with Gasteiger partial charge < -0.3 is 10.4 Å². The Labute approximate surface area is 76.9 Å². The lowest BCUT2D eigenvalue weighted by Crippen LogP contribution is -2.21. The van der Waals surface area contributed by atoms with Crippen molar-refractivity contribution < 1.29 is 14.7 Å². The third-order valence-electron chi connectivity index (χ3n) is 1.54. The topological polar surface area (TPSA) is 78.8 Å². The quantitative estimate of drug-likeness (QED) is 0.355. The largest absolute Gasteiger partial charge is 0.465 e. The van der Waals surface area contributed by atoms with Crippen molar-refractivity contribution in [2.45, 2.75) is 25.7 Å². The summed E-state index contributed by atoms with van der Waals surface area (Å²) in [6, 6.07) is 0. The molecule has 13 heavy (non-hydrogen) atoms. The molecule has 0 rings (SSSR count). The van der Waals surface area contributed by atoms with E-state index in [0.29, 0.717) is 13.1 Å². The molecule has 0 fully saturated rings. The van der Waals surface area contributed by atoms with Gasteiger partial charge >= 0.3 is 6.09 Å². The van der Waals surface area contributed by atoms with Crippen LogP contribution in [0.4, 0.5) is 4.79 Å². The minimum Gasteiger partial charge on any atom is -0.465 e. The van der Waals surface area contributed by atoms with Crippen LogP contribution in [0.2, 0.25) is 0 Å². The number of unbranched alkanes of at least 4 members (excludes halogenated alkanes) is 3. The predicted octanol–water partition coefficient (Wildman–Crippen LogP) is 1.15. The molecule has 0 atom stereocenters. The zero-order chi connectivity index (χ0) is 9.94. The van der Waals surface area contributed by atoms with Crippen molar-refractivity contribution in [1.29, 1.82) is 0 Å². The van der Waals surface area contributed by atoms with Crippen molar-refractivity contribution in [2.75, 3.05) is 13.1 Å². The molecule has 0 saturated carbocycles. The fourth-order valence-corrected chi connectivity index (χ4v) is 0.910. The van der Waals surface area contributed by atoms with E-state index in [1.165, 1.54) is 6.08 Å². The van der Waals surface area contributed by atoms with Gasteiger partial charge in [0.05, 0.1) is 6.54 Å². The van der Waals surface area contributed by atoms with Crippen molar-refractivity contribution in [3.63, 3.8) is 0 Å². The molecule has 0 aliphatic rings. The van der Waals surface area contributed by atoms with E-state index in [1.54, 1.807) is 0 Å². The van der Waals surface area contributed by atoms with Gasteiger partial charge in [-0.2, -0.15) is 0 Å². The molecule has 0 spiro atoms. The Kier molecular flexibility index (Phi) is 7.84. The number of aliphatic imine (C=N–C) groups is 1. The summed E-state index contributed by atoms with van der Waals surface area (Å²) in [5.41, 5.74) is 0. The van der Waals surface area contributed by atoms with Crippen LogP contribution in [0.3, 0.4) is 0 Å². The molecule has 74 valence electrons. The zero-order valence-electron chi connectivity index (χ0n) is 7.45. The number of nitrogens with one attached hydrogen (secondary N) is 1. The molecule has 0 saturated heterocycles. The number of amides is 1. The highest BCUT2D eigenvalue weighted by molar-refractivity contribution is 5.64. The first-order valence-corrected chi connectivity index (χ1v) is 4.28.